The number of carbonyl (C=O) groups is 2. The lowest BCUT2D eigenvalue weighted by Gasteiger charge is -2.12. The van der Waals surface area contributed by atoms with Crippen molar-refractivity contribution in [1.82, 2.24) is 20.1 Å². The van der Waals surface area contributed by atoms with Crippen LogP contribution in [0.5, 0.6) is 0 Å². The second kappa shape index (κ2) is 9.99. The molecule has 1 aliphatic rings. The molecule has 0 spiro atoms. The summed E-state index contributed by atoms with van der Waals surface area (Å²) in [7, 11) is 0. The summed E-state index contributed by atoms with van der Waals surface area (Å²) in [6.07, 6.45) is 2.26. The van der Waals surface area contributed by atoms with E-state index in [1.165, 1.54) is 11.8 Å². The third-order valence-electron chi connectivity index (χ3n) is 5.19. The highest BCUT2D eigenvalue weighted by Crippen LogP contribution is 2.40. The topological polar surface area (TPSA) is 88.9 Å². The number of nitrogens with one attached hydrogen (secondary N) is 2. The van der Waals surface area contributed by atoms with E-state index in [2.05, 4.69) is 39.2 Å². The molecule has 7 nitrogen and oxygen atoms in total. The average molecular weight is 450 g/mol. The molecule has 1 saturated carbocycles. The fourth-order valence-electron chi connectivity index (χ4n) is 3.44. The number of hydrogen-bond acceptors (Lipinski definition) is 5. The van der Waals surface area contributed by atoms with E-state index in [0.29, 0.717) is 23.8 Å². The van der Waals surface area contributed by atoms with Gasteiger partial charge >= 0.3 is 0 Å². The van der Waals surface area contributed by atoms with Gasteiger partial charge in [-0.15, -0.1) is 10.2 Å². The number of nitrogens with zero attached hydrogens (tertiary/aromatic N) is 3. The number of carbonyl (C=O) groups excluding carboxylic acids is 2. The number of para-hydroxylation sites is 1. The summed E-state index contributed by atoms with van der Waals surface area (Å²) in [4.78, 5) is 25.4. The van der Waals surface area contributed by atoms with Crippen molar-refractivity contribution in [3.8, 4) is 0 Å². The van der Waals surface area contributed by atoms with Crippen LogP contribution in [0.15, 0.2) is 59.8 Å². The molecule has 0 aliphatic heterocycles. The zero-order chi connectivity index (χ0) is 22.5. The van der Waals surface area contributed by atoms with Gasteiger partial charge in [-0.3, -0.25) is 9.59 Å². The van der Waals surface area contributed by atoms with Crippen molar-refractivity contribution in [1.29, 1.82) is 0 Å². The molecular weight excluding hydrogens is 422 g/mol. The Hall–Kier alpha value is -3.13. The van der Waals surface area contributed by atoms with E-state index in [0.717, 1.165) is 29.4 Å². The minimum Gasteiger partial charge on any atom is -0.348 e. The Morgan fingerprint density at radius 3 is 2.50 bits per heavy atom. The minimum absolute atomic E-state index is 0.185. The molecule has 2 N–H and O–H groups in total. The SMILES string of the molecule is CC(C)c1nnc(SCC(=O)Nc2ccccc2C(=O)NCc2ccccc2)n1C1CC1. The molecule has 1 fully saturated rings. The van der Waals surface area contributed by atoms with Gasteiger partial charge in [0.15, 0.2) is 5.16 Å². The summed E-state index contributed by atoms with van der Waals surface area (Å²) in [5.41, 5.74) is 1.94. The minimum atomic E-state index is -0.229. The first-order valence-electron chi connectivity index (χ1n) is 10.8. The lowest BCUT2D eigenvalue weighted by molar-refractivity contribution is -0.113. The summed E-state index contributed by atoms with van der Waals surface area (Å²) < 4.78 is 2.17. The third kappa shape index (κ3) is 5.37. The molecule has 1 aromatic heterocycles. The largest absolute Gasteiger partial charge is 0.348 e. The van der Waals surface area contributed by atoms with Crippen molar-refractivity contribution in [2.75, 3.05) is 11.1 Å². The van der Waals surface area contributed by atoms with Crippen LogP contribution in [0.4, 0.5) is 5.69 Å². The highest BCUT2D eigenvalue weighted by Gasteiger charge is 2.30. The van der Waals surface area contributed by atoms with E-state index in [1.807, 2.05) is 30.3 Å². The van der Waals surface area contributed by atoms with Crippen molar-refractivity contribution in [2.24, 2.45) is 0 Å². The van der Waals surface area contributed by atoms with Crippen LogP contribution < -0.4 is 10.6 Å². The quantitative estimate of drug-likeness (QED) is 0.473. The molecule has 1 heterocycles. The van der Waals surface area contributed by atoms with Gasteiger partial charge in [-0.1, -0.05) is 68.1 Å². The van der Waals surface area contributed by atoms with Crippen molar-refractivity contribution in [2.45, 2.75) is 50.4 Å². The van der Waals surface area contributed by atoms with Gasteiger partial charge in [0.1, 0.15) is 5.82 Å². The van der Waals surface area contributed by atoms with Crippen molar-refractivity contribution in [3.05, 3.63) is 71.5 Å². The third-order valence-corrected chi connectivity index (χ3v) is 6.14. The average Bonchev–Trinajstić information content (AvgIpc) is 3.55. The van der Waals surface area contributed by atoms with Crippen LogP contribution in [-0.4, -0.2) is 32.3 Å². The summed E-state index contributed by atoms with van der Waals surface area (Å²) in [5.74, 6) is 1.04. The molecule has 0 unspecified atom stereocenters. The molecule has 2 aromatic carbocycles. The highest BCUT2D eigenvalue weighted by molar-refractivity contribution is 7.99. The summed E-state index contributed by atoms with van der Waals surface area (Å²) >= 11 is 1.38. The molecule has 0 saturated heterocycles. The zero-order valence-corrected chi connectivity index (χ0v) is 19.1. The second-order valence-electron chi connectivity index (χ2n) is 8.15. The van der Waals surface area contributed by atoms with Crippen LogP contribution in [0.25, 0.3) is 0 Å². The van der Waals surface area contributed by atoms with E-state index in [1.54, 1.807) is 24.3 Å². The normalized spacial score (nSPS) is 13.2. The Labute approximate surface area is 192 Å². The van der Waals surface area contributed by atoms with Gasteiger partial charge < -0.3 is 15.2 Å². The Kier molecular flexibility index (Phi) is 6.90. The van der Waals surface area contributed by atoms with Crippen LogP contribution in [0.3, 0.4) is 0 Å². The Balaban J connectivity index is 1.37. The lowest BCUT2D eigenvalue weighted by atomic mass is 10.1. The first-order chi connectivity index (χ1) is 15.5. The van der Waals surface area contributed by atoms with Crippen molar-refractivity contribution in [3.63, 3.8) is 0 Å². The predicted octanol–water partition coefficient (Wildman–Crippen LogP) is 4.40. The number of rotatable bonds is 9. The molecule has 8 heteroatoms. The second-order valence-corrected chi connectivity index (χ2v) is 9.09. The van der Waals surface area contributed by atoms with Crippen molar-refractivity contribution >= 4 is 29.3 Å². The summed E-state index contributed by atoms with van der Waals surface area (Å²) in [6, 6.07) is 17.2. The number of thioether (sulfide) groups is 1. The standard InChI is InChI=1S/C24H27N5O2S/c1-16(2)22-27-28-24(29(22)18-12-13-18)32-15-21(30)26-20-11-7-6-10-19(20)23(31)25-14-17-8-4-3-5-9-17/h3-11,16,18H,12-15H2,1-2H3,(H,25,31)(H,26,30). The van der Waals surface area contributed by atoms with E-state index in [4.69, 9.17) is 0 Å². The molecule has 1 aliphatic carbocycles. The zero-order valence-electron chi connectivity index (χ0n) is 18.2. The van der Waals surface area contributed by atoms with Crippen LogP contribution in [0.2, 0.25) is 0 Å². The van der Waals surface area contributed by atoms with Gasteiger partial charge in [0, 0.05) is 18.5 Å². The van der Waals surface area contributed by atoms with Gasteiger partial charge in [0.2, 0.25) is 5.91 Å². The number of amides is 2. The van der Waals surface area contributed by atoms with Crippen molar-refractivity contribution < 1.29 is 9.59 Å². The first kappa shape index (κ1) is 22.1. The van der Waals surface area contributed by atoms with E-state index in [-0.39, 0.29) is 23.5 Å². The summed E-state index contributed by atoms with van der Waals surface area (Å²) in [6.45, 7) is 4.63. The number of aromatic nitrogens is 3. The first-order valence-corrected chi connectivity index (χ1v) is 11.8. The van der Waals surface area contributed by atoms with Gasteiger partial charge in [-0.05, 0) is 30.5 Å². The van der Waals surface area contributed by atoms with Gasteiger partial charge in [-0.25, -0.2) is 0 Å². The summed E-state index contributed by atoms with van der Waals surface area (Å²) in [5, 5.41) is 15.2. The van der Waals surface area contributed by atoms with Gasteiger partial charge in [0.05, 0.1) is 17.0 Å². The van der Waals surface area contributed by atoms with E-state index in [9.17, 15) is 9.59 Å². The highest BCUT2D eigenvalue weighted by atomic mass is 32.2. The molecule has 3 aromatic rings. The van der Waals surface area contributed by atoms with E-state index < -0.39 is 0 Å². The van der Waals surface area contributed by atoms with E-state index >= 15 is 0 Å². The maximum Gasteiger partial charge on any atom is 0.253 e. The molecule has 166 valence electrons. The Morgan fingerprint density at radius 1 is 1.06 bits per heavy atom. The molecule has 32 heavy (non-hydrogen) atoms. The van der Waals surface area contributed by atoms with Crippen LogP contribution >= 0.6 is 11.8 Å². The van der Waals surface area contributed by atoms with Crippen LogP contribution in [0, 0.1) is 0 Å². The molecule has 2 amide bonds. The smallest absolute Gasteiger partial charge is 0.253 e. The van der Waals surface area contributed by atoms with Gasteiger partial charge in [-0.2, -0.15) is 0 Å². The van der Waals surface area contributed by atoms with Gasteiger partial charge in [0.25, 0.3) is 5.91 Å². The number of anilines is 1. The molecule has 0 bridgehead atoms. The molecule has 0 radical (unpaired) electrons. The Bertz CT molecular complexity index is 1090. The van der Waals surface area contributed by atoms with Crippen LogP contribution in [-0.2, 0) is 11.3 Å². The monoisotopic (exact) mass is 449 g/mol. The maximum absolute atomic E-state index is 12.7. The molecular formula is C24H27N5O2S. The molecule has 0 atom stereocenters. The Morgan fingerprint density at radius 2 is 1.78 bits per heavy atom. The lowest BCUT2D eigenvalue weighted by Crippen LogP contribution is -2.25. The maximum atomic E-state index is 12.7. The number of hydrogen-bond donors (Lipinski definition) is 2. The predicted molar refractivity (Wildman–Crippen MR) is 126 cm³/mol. The number of benzene rings is 2. The molecule has 4 rings (SSSR count). The van der Waals surface area contributed by atoms with Crippen LogP contribution in [0.1, 0.15) is 60.4 Å². The fraction of sp³-hybridized carbons (Fsp3) is 0.333. The fourth-order valence-corrected chi connectivity index (χ4v) is 4.25.